The van der Waals surface area contributed by atoms with Gasteiger partial charge in [0, 0.05) is 29.6 Å². The van der Waals surface area contributed by atoms with Gasteiger partial charge in [0.25, 0.3) is 0 Å². The van der Waals surface area contributed by atoms with E-state index in [1.807, 2.05) is 0 Å². The Morgan fingerprint density at radius 1 is 1.39 bits per heavy atom. The number of nitrogens with zero attached hydrogens (tertiary/aromatic N) is 1. The van der Waals surface area contributed by atoms with Crippen LogP contribution in [0, 0.1) is 0 Å². The Labute approximate surface area is 115 Å². The monoisotopic (exact) mass is 264 g/mol. The van der Waals surface area contributed by atoms with Gasteiger partial charge in [-0.05, 0) is 18.5 Å². The molecule has 2 N–H and O–H groups in total. The van der Waals surface area contributed by atoms with Crippen molar-refractivity contribution in [2.75, 3.05) is 18.8 Å². The predicted molar refractivity (Wildman–Crippen MR) is 80.8 cm³/mol. The first-order valence-electron chi connectivity index (χ1n) is 6.81. The molecule has 0 aromatic heterocycles. The van der Waals surface area contributed by atoms with Crippen LogP contribution >= 0.6 is 11.8 Å². The van der Waals surface area contributed by atoms with Crippen molar-refractivity contribution >= 4 is 11.8 Å². The summed E-state index contributed by atoms with van der Waals surface area (Å²) in [5.41, 5.74) is 7.70. The molecule has 3 heteroatoms. The van der Waals surface area contributed by atoms with E-state index < -0.39 is 0 Å². The van der Waals surface area contributed by atoms with E-state index in [0.29, 0.717) is 0 Å². The molecule has 100 valence electrons. The summed E-state index contributed by atoms with van der Waals surface area (Å²) >= 11 is 2.06. The lowest BCUT2D eigenvalue weighted by Gasteiger charge is -2.40. The number of nitrogens with two attached hydrogens (primary N) is 1. The molecule has 0 radical (unpaired) electrons. The van der Waals surface area contributed by atoms with Crippen LogP contribution in [0.4, 0.5) is 0 Å². The van der Waals surface area contributed by atoms with E-state index in [9.17, 15) is 0 Å². The Hall–Kier alpha value is -0.510. The van der Waals surface area contributed by atoms with Crippen LogP contribution in [0.15, 0.2) is 30.3 Å². The average Bonchev–Trinajstić information content (AvgIpc) is 2.80. The highest BCUT2D eigenvalue weighted by atomic mass is 32.2. The van der Waals surface area contributed by atoms with Crippen molar-refractivity contribution in [3.8, 4) is 0 Å². The minimum atomic E-state index is 0.203. The highest BCUT2D eigenvalue weighted by Gasteiger charge is 2.41. The van der Waals surface area contributed by atoms with Gasteiger partial charge < -0.3 is 5.73 Å². The van der Waals surface area contributed by atoms with Crippen molar-refractivity contribution < 1.29 is 0 Å². The van der Waals surface area contributed by atoms with Gasteiger partial charge in [0.15, 0.2) is 0 Å². The minimum Gasteiger partial charge on any atom is -0.329 e. The molecule has 2 unspecified atom stereocenters. The lowest BCUT2D eigenvalue weighted by molar-refractivity contribution is 0.111. The number of thioether (sulfide) groups is 1. The van der Waals surface area contributed by atoms with Crippen LogP contribution in [-0.4, -0.2) is 34.5 Å². The molecule has 1 heterocycles. The second kappa shape index (κ2) is 6.09. The van der Waals surface area contributed by atoms with Gasteiger partial charge in [-0.1, -0.05) is 44.2 Å². The molecular weight excluding hydrogens is 240 g/mol. The zero-order valence-electron chi connectivity index (χ0n) is 11.4. The molecule has 0 amide bonds. The van der Waals surface area contributed by atoms with Crippen molar-refractivity contribution in [3.63, 3.8) is 0 Å². The van der Waals surface area contributed by atoms with Crippen molar-refractivity contribution in [1.82, 2.24) is 4.90 Å². The standard InChI is InChI=1S/C15H24N2S/c1-3-17(10-14-7-5-4-6-8-14)15(11-16)9-13(2)18-12-15/h4-8,13H,3,9-12,16H2,1-2H3. The maximum absolute atomic E-state index is 6.11. The average molecular weight is 264 g/mol. The quantitative estimate of drug-likeness (QED) is 0.886. The summed E-state index contributed by atoms with van der Waals surface area (Å²) in [6, 6.07) is 10.7. The van der Waals surface area contributed by atoms with Gasteiger partial charge in [-0.2, -0.15) is 11.8 Å². The van der Waals surface area contributed by atoms with Crippen molar-refractivity contribution in [3.05, 3.63) is 35.9 Å². The van der Waals surface area contributed by atoms with Crippen molar-refractivity contribution in [2.45, 2.75) is 37.6 Å². The fourth-order valence-electron chi connectivity index (χ4n) is 2.86. The van der Waals surface area contributed by atoms with E-state index in [4.69, 9.17) is 5.73 Å². The van der Waals surface area contributed by atoms with Crippen molar-refractivity contribution in [2.24, 2.45) is 5.73 Å². The number of hydrogen-bond acceptors (Lipinski definition) is 3. The molecule has 18 heavy (non-hydrogen) atoms. The normalized spacial score (nSPS) is 27.9. The third-order valence-corrected chi connectivity index (χ3v) is 5.39. The topological polar surface area (TPSA) is 29.3 Å². The van der Waals surface area contributed by atoms with Crippen LogP contribution in [0.3, 0.4) is 0 Å². The van der Waals surface area contributed by atoms with Crippen LogP contribution in [0.1, 0.15) is 25.8 Å². The molecular formula is C15H24N2S. The van der Waals surface area contributed by atoms with Gasteiger partial charge in [-0.25, -0.2) is 0 Å². The molecule has 1 aromatic rings. The number of hydrogen-bond donors (Lipinski definition) is 1. The van der Waals surface area contributed by atoms with Crippen LogP contribution in [-0.2, 0) is 6.54 Å². The van der Waals surface area contributed by atoms with Crippen LogP contribution < -0.4 is 5.73 Å². The Morgan fingerprint density at radius 3 is 2.61 bits per heavy atom. The molecule has 1 aliphatic heterocycles. The van der Waals surface area contributed by atoms with Gasteiger partial charge in [0.2, 0.25) is 0 Å². The second-order valence-corrected chi connectivity index (χ2v) is 6.68. The Bertz CT molecular complexity index is 368. The van der Waals surface area contributed by atoms with E-state index in [1.165, 1.54) is 17.7 Å². The van der Waals surface area contributed by atoms with Crippen LogP contribution in [0.2, 0.25) is 0 Å². The third-order valence-electron chi connectivity index (χ3n) is 3.95. The summed E-state index contributed by atoms with van der Waals surface area (Å²) in [6.45, 7) is 7.42. The molecule has 0 bridgehead atoms. The number of benzene rings is 1. The van der Waals surface area contributed by atoms with E-state index in [2.05, 4.69) is 60.8 Å². The Balaban J connectivity index is 2.12. The second-order valence-electron chi connectivity index (χ2n) is 5.25. The van der Waals surface area contributed by atoms with Crippen LogP contribution in [0.5, 0.6) is 0 Å². The molecule has 1 saturated heterocycles. The molecule has 0 saturated carbocycles. The summed E-state index contributed by atoms with van der Waals surface area (Å²) in [5, 5.41) is 0.735. The molecule has 0 spiro atoms. The first-order valence-corrected chi connectivity index (χ1v) is 7.86. The maximum Gasteiger partial charge on any atom is 0.0435 e. The molecule has 1 aliphatic rings. The van der Waals surface area contributed by atoms with Gasteiger partial charge in [-0.3, -0.25) is 4.90 Å². The number of rotatable bonds is 5. The molecule has 2 rings (SSSR count). The SMILES string of the molecule is CCN(Cc1ccccc1)C1(CN)CSC(C)C1. The van der Waals surface area contributed by atoms with Crippen molar-refractivity contribution in [1.29, 1.82) is 0 Å². The molecule has 2 nitrogen and oxygen atoms in total. The lowest BCUT2D eigenvalue weighted by atomic mass is 9.93. The zero-order chi connectivity index (χ0) is 13.0. The van der Waals surface area contributed by atoms with E-state index >= 15 is 0 Å². The third kappa shape index (κ3) is 2.90. The summed E-state index contributed by atoms with van der Waals surface area (Å²) in [4.78, 5) is 2.57. The van der Waals surface area contributed by atoms with E-state index in [0.717, 1.165) is 24.9 Å². The zero-order valence-corrected chi connectivity index (χ0v) is 12.2. The van der Waals surface area contributed by atoms with Gasteiger partial charge >= 0.3 is 0 Å². The fourth-order valence-corrected chi connectivity index (χ4v) is 4.30. The predicted octanol–water partition coefficient (Wildman–Crippen LogP) is 2.73. The number of likely N-dealkylation sites (N-methyl/N-ethyl adjacent to an activating group) is 1. The van der Waals surface area contributed by atoms with E-state index in [1.54, 1.807) is 0 Å². The molecule has 0 aliphatic carbocycles. The first-order chi connectivity index (χ1) is 8.70. The summed E-state index contributed by atoms with van der Waals surface area (Å²) in [7, 11) is 0. The van der Waals surface area contributed by atoms with Gasteiger partial charge in [0.05, 0.1) is 0 Å². The van der Waals surface area contributed by atoms with Gasteiger partial charge in [0.1, 0.15) is 0 Å². The van der Waals surface area contributed by atoms with Gasteiger partial charge in [-0.15, -0.1) is 0 Å². The molecule has 1 fully saturated rings. The van der Waals surface area contributed by atoms with Crippen LogP contribution in [0.25, 0.3) is 0 Å². The summed E-state index contributed by atoms with van der Waals surface area (Å²) < 4.78 is 0. The van der Waals surface area contributed by atoms with E-state index in [-0.39, 0.29) is 5.54 Å². The molecule has 1 aromatic carbocycles. The largest absolute Gasteiger partial charge is 0.329 e. The maximum atomic E-state index is 6.11. The molecule has 2 atom stereocenters. The fraction of sp³-hybridized carbons (Fsp3) is 0.600. The lowest BCUT2D eigenvalue weighted by Crippen LogP contribution is -2.53. The minimum absolute atomic E-state index is 0.203. The Kier molecular flexibility index (Phi) is 4.71. The first kappa shape index (κ1) is 13.9. The summed E-state index contributed by atoms with van der Waals surface area (Å²) in [5.74, 6) is 1.17. The smallest absolute Gasteiger partial charge is 0.0435 e. The Morgan fingerprint density at radius 2 is 2.11 bits per heavy atom. The summed E-state index contributed by atoms with van der Waals surface area (Å²) in [6.07, 6.45) is 1.22. The highest BCUT2D eigenvalue weighted by molar-refractivity contribution is 8.00. The highest BCUT2D eigenvalue weighted by Crippen LogP contribution is 2.38.